The van der Waals surface area contributed by atoms with Gasteiger partial charge in [0.15, 0.2) is 5.69 Å². The van der Waals surface area contributed by atoms with Gasteiger partial charge in [0.1, 0.15) is 5.76 Å². The molecule has 6 heteroatoms. The summed E-state index contributed by atoms with van der Waals surface area (Å²) in [5.74, 6) is 0.405. The van der Waals surface area contributed by atoms with E-state index >= 15 is 0 Å². The van der Waals surface area contributed by atoms with Crippen LogP contribution < -0.4 is 5.32 Å². The Hall–Kier alpha value is -2.89. The molecule has 0 fully saturated rings. The van der Waals surface area contributed by atoms with E-state index in [-0.39, 0.29) is 11.6 Å². The summed E-state index contributed by atoms with van der Waals surface area (Å²) >= 11 is 0. The lowest BCUT2D eigenvalue weighted by Gasteiger charge is -2.03. The highest BCUT2D eigenvalue weighted by Crippen LogP contribution is 2.13. The lowest BCUT2D eigenvalue weighted by atomic mass is 10.1. The predicted molar refractivity (Wildman–Crippen MR) is 80.7 cm³/mol. The van der Waals surface area contributed by atoms with E-state index in [2.05, 4.69) is 21.7 Å². The SMILES string of the molecule is Cc1cc(C)cc(-n2cc(C(=O)NCc3ccco3)nn2)c1. The summed E-state index contributed by atoms with van der Waals surface area (Å²) in [6, 6.07) is 9.64. The van der Waals surface area contributed by atoms with Gasteiger partial charge in [-0.25, -0.2) is 4.68 Å². The second-order valence-corrected chi connectivity index (χ2v) is 5.16. The first-order chi connectivity index (χ1) is 10.6. The van der Waals surface area contributed by atoms with E-state index < -0.39 is 0 Å². The number of carbonyl (C=O) groups is 1. The van der Waals surface area contributed by atoms with Crippen molar-refractivity contribution in [1.82, 2.24) is 20.3 Å². The third-order valence-corrected chi connectivity index (χ3v) is 3.20. The zero-order chi connectivity index (χ0) is 15.5. The van der Waals surface area contributed by atoms with E-state index in [1.807, 2.05) is 26.0 Å². The molecular weight excluding hydrogens is 280 g/mol. The molecule has 112 valence electrons. The Bertz CT molecular complexity index is 770. The number of carbonyl (C=O) groups excluding carboxylic acids is 1. The Balaban J connectivity index is 1.74. The first-order valence-corrected chi connectivity index (χ1v) is 6.93. The van der Waals surface area contributed by atoms with Crippen molar-refractivity contribution in [2.75, 3.05) is 0 Å². The minimum atomic E-state index is -0.285. The highest BCUT2D eigenvalue weighted by atomic mass is 16.3. The fraction of sp³-hybridized carbons (Fsp3) is 0.188. The Morgan fingerprint density at radius 2 is 2.05 bits per heavy atom. The van der Waals surface area contributed by atoms with Crippen LogP contribution in [0.15, 0.2) is 47.2 Å². The van der Waals surface area contributed by atoms with Gasteiger partial charge in [-0.05, 0) is 49.2 Å². The molecular formula is C16H16N4O2. The fourth-order valence-corrected chi connectivity index (χ4v) is 2.25. The van der Waals surface area contributed by atoms with Gasteiger partial charge < -0.3 is 9.73 Å². The molecule has 1 amide bonds. The molecule has 0 aliphatic heterocycles. The molecule has 0 spiro atoms. The van der Waals surface area contributed by atoms with Crippen LogP contribution in [0.4, 0.5) is 0 Å². The van der Waals surface area contributed by atoms with Crippen molar-refractivity contribution in [3.05, 3.63) is 65.4 Å². The maximum absolute atomic E-state index is 12.0. The van der Waals surface area contributed by atoms with Crippen molar-refractivity contribution in [3.63, 3.8) is 0 Å². The normalized spacial score (nSPS) is 10.6. The second-order valence-electron chi connectivity index (χ2n) is 5.16. The van der Waals surface area contributed by atoms with Gasteiger partial charge in [-0.15, -0.1) is 5.10 Å². The van der Waals surface area contributed by atoms with E-state index in [0.717, 1.165) is 16.8 Å². The Morgan fingerprint density at radius 3 is 2.73 bits per heavy atom. The number of benzene rings is 1. The summed E-state index contributed by atoms with van der Waals surface area (Å²) in [6.45, 7) is 4.36. The minimum absolute atomic E-state index is 0.269. The number of nitrogens with one attached hydrogen (secondary N) is 1. The summed E-state index contributed by atoms with van der Waals surface area (Å²) in [5, 5.41) is 10.7. The first-order valence-electron chi connectivity index (χ1n) is 6.93. The zero-order valence-corrected chi connectivity index (χ0v) is 12.4. The van der Waals surface area contributed by atoms with Crippen LogP contribution in [0.5, 0.6) is 0 Å². The highest BCUT2D eigenvalue weighted by Gasteiger charge is 2.12. The molecule has 2 heterocycles. The second kappa shape index (κ2) is 5.85. The number of aromatic nitrogens is 3. The quantitative estimate of drug-likeness (QED) is 0.802. The van der Waals surface area contributed by atoms with Gasteiger partial charge in [0.05, 0.1) is 24.7 Å². The van der Waals surface area contributed by atoms with E-state index in [9.17, 15) is 4.79 Å². The number of amides is 1. The van der Waals surface area contributed by atoms with Crippen LogP contribution in [0.2, 0.25) is 0 Å². The third-order valence-electron chi connectivity index (χ3n) is 3.20. The average molecular weight is 296 g/mol. The number of rotatable bonds is 4. The monoisotopic (exact) mass is 296 g/mol. The van der Waals surface area contributed by atoms with Crippen molar-refractivity contribution in [1.29, 1.82) is 0 Å². The number of hydrogen-bond donors (Lipinski definition) is 1. The largest absolute Gasteiger partial charge is 0.467 e. The van der Waals surface area contributed by atoms with Crippen LogP contribution in [-0.2, 0) is 6.54 Å². The summed E-state index contributed by atoms with van der Waals surface area (Å²) in [5.41, 5.74) is 3.42. The van der Waals surface area contributed by atoms with Gasteiger partial charge >= 0.3 is 0 Å². The smallest absolute Gasteiger partial charge is 0.273 e. The number of furan rings is 1. The van der Waals surface area contributed by atoms with Crippen LogP contribution in [0.25, 0.3) is 5.69 Å². The molecule has 3 rings (SSSR count). The molecule has 0 bridgehead atoms. The molecule has 1 N–H and O–H groups in total. The minimum Gasteiger partial charge on any atom is -0.467 e. The van der Waals surface area contributed by atoms with E-state index in [0.29, 0.717) is 12.3 Å². The van der Waals surface area contributed by atoms with E-state index in [1.165, 1.54) is 0 Å². The Labute approximate surface area is 127 Å². The molecule has 0 radical (unpaired) electrons. The summed E-state index contributed by atoms with van der Waals surface area (Å²) in [7, 11) is 0. The Morgan fingerprint density at radius 1 is 1.27 bits per heavy atom. The van der Waals surface area contributed by atoms with Crippen molar-refractivity contribution in [2.45, 2.75) is 20.4 Å². The standard InChI is InChI=1S/C16H16N4O2/c1-11-6-12(2)8-13(7-11)20-10-15(18-19-20)16(21)17-9-14-4-3-5-22-14/h3-8,10H,9H2,1-2H3,(H,17,21). The van der Waals surface area contributed by atoms with Crippen molar-refractivity contribution < 1.29 is 9.21 Å². The zero-order valence-electron chi connectivity index (χ0n) is 12.4. The van der Waals surface area contributed by atoms with E-state index in [1.54, 1.807) is 29.3 Å². The molecule has 0 atom stereocenters. The maximum Gasteiger partial charge on any atom is 0.273 e. The Kier molecular flexibility index (Phi) is 3.74. The molecule has 1 aromatic carbocycles. The predicted octanol–water partition coefficient (Wildman–Crippen LogP) is 2.41. The van der Waals surface area contributed by atoms with Gasteiger partial charge in [0, 0.05) is 0 Å². The summed E-state index contributed by atoms with van der Waals surface area (Å²) in [6.07, 6.45) is 3.18. The van der Waals surface area contributed by atoms with Crippen molar-refractivity contribution >= 4 is 5.91 Å². The van der Waals surface area contributed by atoms with Gasteiger partial charge in [-0.3, -0.25) is 4.79 Å². The molecule has 0 saturated carbocycles. The van der Waals surface area contributed by atoms with Crippen LogP contribution in [0.1, 0.15) is 27.4 Å². The lowest BCUT2D eigenvalue weighted by molar-refractivity contribution is 0.0943. The van der Waals surface area contributed by atoms with Crippen molar-refractivity contribution in [2.24, 2.45) is 0 Å². The summed E-state index contributed by atoms with van der Waals surface area (Å²) < 4.78 is 6.76. The third kappa shape index (κ3) is 3.06. The molecule has 6 nitrogen and oxygen atoms in total. The molecule has 0 saturated heterocycles. The number of aryl methyl sites for hydroxylation is 2. The van der Waals surface area contributed by atoms with Crippen LogP contribution in [0, 0.1) is 13.8 Å². The van der Waals surface area contributed by atoms with Gasteiger partial charge in [0.2, 0.25) is 0 Å². The maximum atomic E-state index is 12.0. The number of nitrogens with zero attached hydrogens (tertiary/aromatic N) is 3. The van der Waals surface area contributed by atoms with Gasteiger partial charge in [-0.1, -0.05) is 11.3 Å². The van der Waals surface area contributed by atoms with Gasteiger partial charge in [-0.2, -0.15) is 0 Å². The van der Waals surface area contributed by atoms with Crippen LogP contribution in [-0.4, -0.2) is 20.9 Å². The molecule has 2 aromatic heterocycles. The van der Waals surface area contributed by atoms with Gasteiger partial charge in [0.25, 0.3) is 5.91 Å². The van der Waals surface area contributed by atoms with E-state index in [4.69, 9.17) is 4.42 Å². The van der Waals surface area contributed by atoms with Crippen LogP contribution >= 0.6 is 0 Å². The highest BCUT2D eigenvalue weighted by molar-refractivity contribution is 5.91. The van der Waals surface area contributed by atoms with Crippen molar-refractivity contribution in [3.8, 4) is 5.69 Å². The molecule has 22 heavy (non-hydrogen) atoms. The molecule has 3 aromatic rings. The van der Waals surface area contributed by atoms with Crippen LogP contribution in [0.3, 0.4) is 0 Å². The molecule has 0 aliphatic carbocycles. The first kappa shape index (κ1) is 14.1. The topological polar surface area (TPSA) is 73.0 Å². The lowest BCUT2D eigenvalue weighted by Crippen LogP contribution is -2.22. The summed E-state index contributed by atoms with van der Waals surface area (Å²) in [4.78, 5) is 12.0. The molecule has 0 aliphatic rings. The fourth-order valence-electron chi connectivity index (χ4n) is 2.25. The number of hydrogen-bond acceptors (Lipinski definition) is 4. The molecule has 0 unspecified atom stereocenters. The average Bonchev–Trinajstić information content (AvgIpc) is 3.15.